The van der Waals surface area contributed by atoms with Gasteiger partial charge in [0.2, 0.25) is 0 Å². The highest BCUT2D eigenvalue weighted by molar-refractivity contribution is 6.08. The number of pyridine rings is 1. The van der Waals surface area contributed by atoms with Gasteiger partial charge in [-0.2, -0.15) is 0 Å². The molecule has 4 rings (SSSR count). The van der Waals surface area contributed by atoms with E-state index in [0.717, 1.165) is 12.1 Å². The fourth-order valence-electron chi connectivity index (χ4n) is 3.78. The Morgan fingerprint density at radius 2 is 1.80 bits per heavy atom. The fourth-order valence-corrected chi connectivity index (χ4v) is 3.78. The number of anilines is 2. The first-order valence-corrected chi connectivity index (χ1v) is 10.9. The number of halogens is 5. The van der Waals surface area contributed by atoms with Crippen molar-refractivity contribution in [3.63, 3.8) is 0 Å². The third kappa shape index (κ3) is 5.23. The number of nitrogens with zero attached hydrogens (tertiary/aromatic N) is 4. The van der Waals surface area contributed by atoms with Crippen molar-refractivity contribution in [2.45, 2.75) is 38.5 Å². The molecule has 0 spiro atoms. The number of amides is 1. The van der Waals surface area contributed by atoms with Crippen molar-refractivity contribution in [2.75, 3.05) is 23.3 Å². The van der Waals surface area contributed by atoms with Gasteiger partial charge in [0.05, 0.1) is 17.8 Å². The average molecular weight is 491 g/mol. The molecule has 11 heteroatoms. The molecule has 1 N–H and O–H groups in total. The topological polar surface area (TPSA) is 71.0 Å². The maximum Gasteiger partial charge on any atom is 0.266 e. The summed E-state index contributed by atoms with van der Waals surface area (Å²) in [6, 6.07) is 4.31. The summed E-state index contributed by atoms with van der Waals surface area (Å²) in [6.07, 6.45) is 0.669. The van der Waals surface area contributed by atoms with Crippen LogP contribution in [0.5, 0.6) is 0 Å². The predicted molar refractivity (Wildman–Crippen MR) is 120 cm³/mol. The van der Waals surface area contributed by atoms with Gasteiger partial charge in [0.1, 0.15) is 11.6 Å². The van der Waals surface area contributed by atoms with E-state index >= 15 is 0 Å². The van der Waals surface area contributed by atoms with Crippen molar-refractivity contribution in [3.05, 3.63) is 65.6 Å². The van der Waals surface area contributed by atoms with Crippen LogP contribution in [0.25, 0.3) is 11.1 Å². The van der Waals surface area contributed by atoms with Crippen LogP contribution in [0.4, 0.5) is 33.5 Å². The second kappa shape index (κ2) is 9.55. The summed E-state index contributed by atoms with van der Waals surface area (Å²) in [4.78, 5) is 26.8. The summed E-state index contributed by atoms with van der Waals surface area (Å²) >= 11 is 0. The first kappa shape index (κ1) is 24.5. The van der Waals surface area contributed by atoms with E-state index in [4.69, 9.17) is 0 Å². The van der Waals surface area contributed by atoms with Gasteiger partial charge < -0.3 is 10.2 Å². The molecule has 1 saturated heterocycles. The molecule has 0 unspecified atom stereocenters. The lowest BCUT2D eigenvalue weighted by atomic mass is 10.0. The van der Waals surface area contributed by atoms with Crippen LogP contribution in [-0.4, -0.2) is 39.9 Å². The largest absolute Gasteiger partial charge is 0.349 e. The zero-order valence-corrected chi connectivity index (χ0v) is 18.9. The average Bonchev–Trinajstić information content (AvgIpc) is 3.18. The standard InChI is InChI=1S/C24H22F5N5O/c1-13(2)21-31-10-15(11-32-21)23(35)33-19-17(16-4-3-14(20(26)27)9-18(16)25)5-7-30-22(19)34-8-6-24(28,29)12-34/h3-5,7,9-11,13,20H,6,8,12H2,1-2H3,(H,33,35). The van der Waals surface area contributed by atoms with Crippen LogP contribution in [0.15, 0.2) is 42.9 Å². The molecule has 3 aromatic rings. The van der Waals surface area contributed by atoms with E-state index in [-0.39, 0.29) is 40.7 Å². The molecule has 2 aromatic heterocycles. The number of aromatic nitrogens is 3. The SMILES string of the molecule is CC(C)c1ncc(C(=O)Nc2c(-c3ccc(C(F)F)cc3F)ccnc2N2CCC(F)(F)C2)cn1. The molecule has 0 aliphatic carbocycles. The highest BCUT2D eigenvalue weighted by atomic mass is 19.3. The highest BCUT2D eigenvalue weighted by Gasteiger charge is 2.40. The lowest BCUT2D eigenvalue weighted by Crippen LogP contribution is -2.27. The molecule has 0 atom stereocenters. The number of rotatable bonds is 6. The Morgan fingerprint density at radius 3 is 2.37 bits per heavy atom. The van der Waals surface area contributed by atoms with Crippen LogP contribution >= 0.6 is 0 Å². The zero-order valence-electron chi connectivity index (χ0n) is 18.9. The Hall–Kier alpha value is -3.63. The number of benzene rings is 1. The molecule has 3 heterocycles. The quantitative estimate of drug-likeness (QED) is 0.439. The molecule has 1 amide bonds. The molecule has 1 aromatic carbocycles. The molecule has 0 bridgehead atoms. The van der Waals surface area contributed by atoms with Crippen LogP contribution in [0.3, 0.4) is 0 Å². The first-order chi connectivity index (χ1) is 16.6. The molecule has 0 radical (unpaired) electrons. The van der Waals surface area contributed by atoms with Crippen LogP contribution in [-0.2, 0) is 0 Å². The minimum Gasteiger partial charge on any atom is -0.349 e. The van der Waals surface area contributed by atoms with E-state index in [2.05, 4.69) is 20.3 Å². The Balaban J connectivity index is 1.77. The third-order valence-electron chi connectivity index (χ3n) is 5.62. The molecule has 0 saturated carbocycles. The summed E-state index contributed by atoms with van der Waals surface area (Å²) in [5.74, 6) is -3.98. The van der Waals surface area contributed by atoms with Crippen LogP contribution in [0.1, 0.15) is 54.4 Å². The van der Waals surface area contributed by atoms with Crippen LogP contribution in [0.2, 0.25) is 0 Å². The van der Waals surface area contributed by atoms with Crippen molar-refractivity contribution < 1.29 is 26.7 Å². The molecular weight excluding hydrogens is 469 g/mol. The lowest BCUT2D eigenvalue weighted by molar-refractivity contribution is 0.0257. The Morgan fingerprint density at radius 1 is 1.09 bits per heavy atom. The lowest BCUT2D eigenvalue weighted by Gasteiger charge is -2.23. The van der Waals surface area contributed by atoms with E-state index in [1.54, 1.807) is 0 Å². The molecule has 1 fully saturated rings. The Bertz CT molecular complexity index is 1230. The smallest absolute Gasteiger partial charge is 0.266 e. The van der Waals surface area contributed by atoms with Crippen molar-refractivity contribution in [1.82, 2.24) is 15.0 Å². The highest BCUT2D eigenvalue weighted by Crippen LogP contribution is 2.40. The third-order valence-corrected chi connectivity index (χ3v) is 5.62. The van der Waals surface area contributed by atoms with E-state index in [9.17, 15) is 26.7 Å². The van der Waals surface area contributed by atoms with E-state index in [0.29, 0.717) is 11.9 Å². The molecule has 6 nitrogen and oxygen atoms in total. The van der Waals surface area contributed by atoms with Gasteiger partial charge in [-0.15, -0.1) is 0 Å². The second-order valence-electron chi connectivity index (χ2n) is 8.56. The Kier molecular flexibility index (Phi) is 6.68. The van der Waals surface area contributed by atoms with Gasteiger partial charge in [0, 0.05) is 54.2 Å². The summed E-state index contributed by atoms with van der Waals surface area (Å²) in [5.41, 5.74) is -0.419. The van der Waals surface area contributed by atoms with Gasteiger partial charge in [-0.25, -0.2) is 36.9 Å². The van der Waals surface area contributed by atoms with Crippen LogP contribution in [0, 0.1) is 5.82 Å². The van der Waals surface area contributed by atoms with Gasteiger partial charge >= 0.3 is 0 Å². The first-order valence-electron chi connectivity index (χ1n) is 10.9. The van der Waals surface area contributed by atoms with E-state index in [1.807, 2.05) is 13.8 Å². The van der Waals surface area contributed by atoms with Crippen molar-refractivity contribution in [3.8, 4) is 11.1 Å². The molecular formula is C24H22F5N5O. The fraction of sp³-hybridized carbons (Fsp3) is 0.333. The van der Waals surface area contributed by atoms with Gasteiger partial charge in [-0.1, -0.05) is 26.0 Å². The van der Waals surface area contributed by atoms with Gasteiger partial charge in [0.25, 0.3) is 18.3 Å². The zero-order chi connectivity index (χ0) is 25.3. The number of hydrogen-bond donors (Lipinski definition) is 1. The minimum absolute atomic E-state index is 0.0186. The van der Waals surface area contributed by atoms with Crippen molar-refractivity contribution in [2.24, 2.45) is 0 Å². The molecule has 184 valence electrons. The van der Waals surface area contributed by atoms with Gasteiger partial charge in [0.15, 0.2) is 5.82 Å². The number of nitrogens with one attached hydrogen (secondary N) is 1. The minimum atomic E-state index is -2.95. The number of carbonyl (C=O) groups is 1. The normalized spacial score (nSPS) is 15.2. The Labute approximate surface area is 198 Å². The van der Waals surface area contributed by atoms with E-state index < -0.39 is 42.6 Å². The maximum atomic E-state index is 14.9. The van der Waals surface area contributed by atoms with E-state index in [1.165, 1.54) is 29.6 Å². The summed E-state index contributed by atoms with van der Waals surface area (Å²) in [6.45, 7) is 3.11. The summed E-state index contributed by atoms with van der Waals surface area (Å²) < 4.78 is 68.8. The van der Waals surface area contributed by atoms with Gasteiger partial charge in [-0.3, -0.25) is 4.79 Å². The predicted octanol–water partition coefficient (Wildman–Crippen LogP) is 5.84. The summed E-state index contributed by atoms with van der Waals surface area (Å²) in [5, 5.41) is 2.63. The van der Waals surface area contributed by atoms with Crippen molar-refractivity contribution in [1.29, 1.82) is 0 Å². The van der Waals surface area contributed by atoms with Crippen LogP contribution < -0.4 is 10.2 Å². The van der Waals surface area contributed by atoms with Crippen molar-refractivity contribution >= 4 is 17.4 Å². The monoisotopic (exact) mass is 491 g/mol. The number of carbonyl (C=O) groups excluding carboxylic acids is 1. The number of hydrogen-bond acceptors (Lipinski definition) is 5. The molecule has 1 aliphatic heterocycles. The molecule has 35 heavy (non-hydrogen) atoms. The second-order valence-corrected chi connectivity index (χ2v) is 8.56. The number of alkyl halides is 4. The van der Waals surface area contributed by atoms with Gasteiger partial charge in [-0.05, 0) is 12.1 Å². The molecule has 1 aliphatic rings. The maximum absolute atomic E-state index is 14.9. The summed E-state index contributed by atoms with van der Waals surface area (Å²) in [7, 11) is 0.